The largest absolute Gasteiger partial charge is 0.455 e. The Labute approximate surface area is 158 Å². The zero-order valence-electron chi connectivity index (χ0n) is 16.1. The van der Waals surface area contributed by atoms with Crippen molar-refractivity contribution in [2.24, 2.45) is 17.8 Å². The summed E-state index contributed by atoms with van der Waals surface area (Å²) in [6, 6.07) is 1.76. The van der Waals surface area contributed by atoms with Gasteiger partial charge in [0.1, 0.15) is 5.76 Å². The first kappa shape index (κ1) is 19.4. The van der Waals surface area contributed by atoms with Crippen molar-refractivity contribution in [3.05, 3.63) is 11.8 Å². The van der Waals surface area contributed by atoms with Crippen molar-refractivity contribution >= 4 is 23.6 Å². The number of aryl methyl sites for hydroxylation is 1. The number of aromatic nitrogens is 1. The van der Waals surface area contributed by atoms with E-state index in [1.165, 1.54) is 6.42 Å². The van der Waals surface area contributed by atoms with E-state index in [0.29, 0.717) is 24.1 Å². The number of ether oxygens (including phenoxy) is 1. The van der Waals surface area contributed by atoms with Crippen molar-refractivity contribution in [2.45, 2.75) is 52.5 Å². The topological polar surface area (TPSA) is 102 Å². The average Bonchev–Trinajstić information content (AvgIpc) is 3.21. The Balaban J connectivity index is 1.49. The number of nitrogens with one attached hydrogen (secondary N) is 1. The van der Waals surface area contributed by atoms with E-state index in [2.05, 4.69) is 24.3 Å². The molecule has 1 aliphatic carbocycles. The lowest BCUT2D eigenvalue weighted by Crippen LogP contribution is -2.45. The SMILES string of the molecule is Cc1cc(NC(=O)COC(=O)[C@@H]2CC(=O)N([C@H]3CCC[C@H](C)[C@@H]3C)C2)no1. The molecule has 3 rings (SSSR count). The Morgan fingerprint density at radius 2 is 2.15 bits per heavy atom. The predicted octanol–water partition coefficient (Wildman–Crippen LogP) is 2.14. The van der Waals surface area contributed by atoms with Crippen molar-refractivity contribution in [2.75, 3.05) is 18.5 Å². The number of nitrogens with zero attached hydrogens (tertiary/aromatic N) is 2. The van der Waals surface area contributed by atoms with E-state index >= 15 is 0 Å². The molecular formula is C19H27N3O5. The molecule has 1 saturated carbocycles. The van der Waals surface area contributed by atoms with Crippen molar-refractivity contribution < 1.29 is 23.6 Å². The first-order valence-electron chi connectivity index (χ1n) is 9.54. The molecule has 2 fully saturated rings. The molecule has 1 saturated heterocycles. The average molecular weight is 377 g/mol. The number of hydrogen-bond donors (Lipinski definition) is 1. The third-order valence-electron chi connectivity index (χ3n) is 5.80. The molecule has 1 aromatic heterocycles. The highest BCUT2D eigenvalue weighted by Gasteiger charge is 2.42. The van der Waals surface area contributed by atoms with Gasteiger partial charge in [-0.3, -0.25) is 14.4 Å². The van der Waals surface area contributed by atoms with E-state index in [-0.39, 0.29) is 24.2 Å². The Hall–Kier alpha value is -2.38. The van der Waals surface area contributed by atoms with Crippen LogP contribution >= 0.6 is 0 Å². The van der Waals surface area contributed by atoms with Gasteiger partial charge in [0.25, 0.3) is 5.91 Å². The molecule has 8 nitrogen and oxygen atoms in total. The first-order chi connectivity index (χ1) is 12.8. The summed E-state index contributed by atoms with van der Waals surface area (Å²) in [5.74, 6) is 0.339. The number of carbonyl (C=O) groups excluding carboxylic acids is 3. The summed E-state index contributed by atoms with van der Waals surface area (Å²) in [6.07, 6.45) is 3.43. The molecule has 8 heteroatoms. The van der Waals surface area contributed by atoms with E-state index in [1.54, 1.807) is 13.0 Å². The molecule has 27 heavy (non-hydrogen) atoms. The third kappa shape index (κ3) is 4.48. The number of amides is 2. The van der Waals surface area contributed by atoms with E-state index in [4.69, 9.17) is 9.26 Å². The van der Waals surface area contributed by atoms with Gasteiger partial charge >= 0.3 is 5.97 Å². The van der Waals surface area contributed by atoms with Crippen LogP contribution in [0.2, 0.25) is 0 Å². The van der Waals surface area contributed by atoms with Crippen LogP contribution < -0.4 is 5.32 Å². The summed E-state index contributed by atoms with van der Waals surface area (Å²) in [5.41, 5.74) is 0. The molecule has 1 N–H and O–H groups in total. The highest BCUT2D eigenvalue weighted by Crippen LogP contribution is 2.35. The van der Waals surface area contributed by atoms with E-state index in [9.17, 15) is 14.4 Å². The second-order valence-corrected chi connectivity index (χ2v) is 7.76. The maximum absolute atomic E-state index is 12.4. The van der Waals surface area contributed by atoms with Gasteiger partial charge in [-0.15, -0.1) is 0 Å². The lowest BCUT2D eigenvalue weighted by molar-refractivity contribution is -0.151. The van der Waals surface area contributed by atoms with Crippen LogP contribution in [0.5, 0.6) is 0 Å². The van der Waals surface area contributed by atoms with Crippen molar-refractivity contribution in [3.8, 4) is 0 Å². The fourth-order valence-electron chi connectivity index (χ4n) is 4.06. The Kier molecular flexibility index (Phi) is 5.82. The van der Waals surface area contributed by atoms with Gasteiger partial charge in [0, 0.05) is 25.1 Å². The molecule has 0 spiro atoms. The van der Waals surface area contributed by atoms with Crippen molar-refractivity contribution in [1.82, 2.24) is 10.1 Å². The smallest absolute Gasteiger partial charge is 0.311 e. The zero-order valence-corrected chi connectivity index (χ0v) is 16.1. The summed E-state index contributed by atoms with van der Waals surface area (Å²) in [4.78, 5) is 38.5. The van der Waals surface area contributed by atoms with Crippen LogP contribution in [0.25, 0.3) is 0 Å². The third-order valence-corrected chi connectivity index (χ3v) is 5.80. The standard InChI is InChI=1S/C19H27N3O5/c1-11-5-4-6-15(13(11)3)22-9-14(8-18(22)24)19(25)26-10-17(23)20-16-7-12(2)27-21-16/h7,11,13-15H,4-6,8-10H2,1-3H3,(H,20,21,23)/t11-,13-,14+,15-/m0/s1. The Morgan fingerprint density at radius 1 is 1.37 bits per heavy atom. The predicted molar refractivity (Wildman–Crippen MR) is 96.6 cm³/mol. The number of carbonyl (C=O) groups is 3. The molecule has 2 amide bonds. The molecule has 1 aromatic rings. The summed E-state index contributed by atoms with van der Waals surface area (Å²) in [6.45, 7) is 6.08. The molecule has 2 aliphatic rings. The van der Waals surface area contributed by atoms with Crippen LogP contribution in [0, 0.1) is 24.7 Å². The van der Waals surface area contributed by atoms with E-state index in [0.717, 1.165) is 12.8 Å². The zero-order chi connectivity index (χ0) is 19.6. The van der Waals surface area contributed by atoms with Crippen molar-refractivity contribution in [3.63, 3.8) is 0 Å². The summed E-state index contributed by atoms with van der Waals surface area (Å²) in [7, 11) is 0. The molecule has 0 radical (unpaired) electrons. The molecule has 4 atom stereocenters. The summed E-state index contributed by atoms with van der Waals surface area (Å²) in [5, 5.41) is 6.14. The minimum atomic E-state index is -0.510. The quantitative estimate of drug-likeness (QED) is 0.789. The van der Waals surface area contributed by atoms with E-state index in [1.807, 2.05) is 4.90 Å². The van der Waals surface area contributed by atoms with Gasteiger partial charge in [-0.1, -0.05) is 31.8 Å². The number of likely N-dealkylation sites (tertiary alicyclic amines) is 1. The normalized spacial score (nSPS) is 28.3. The molecule has 0 bridgehead atoms. The summed E-state index contributed by atoms with van der Waals surface area (Å²) >= 11 is 0. The first-order valence-corrected chi connectivity index (χ1v) is 9.54. The van der Waals surface area contributed by atoms with Crippen molar-refractivity contribution in [1.29, 1.82) is 0 Å². The van der Waals surface area contributed by atoms with E-state index < -0.39 is 24.4 Å². The molecule has 2 heterocycles. The Bertz CT molecular complexity index is 716. The molecule has 148 valence electrons. The highest BCUT2D eigenvalue weighted by molar-refractivity contribution is 5.93. The number of rotatable bonds is 5. The lowest BCUT2D eigenvalue weighted by Gasteiger charge is -2.39. The van der Waals surface area contributed by atoms with Gasteiger partial charge in [0.05, 0.1) is 5.92 Å². The van der Waals surface area contributed by atoms with Gasteiger partial charge < -0.3 is 19.5 Å². The number of hydrogen-bond acceptors (Lipinski definition) is 6. The number of esters is 1. The molecule has 1 aliphatic heterocycles. The fraction of sp³-hybridized carbons (Fsp3) is 0.684. The van der Waals surface area contributed by atoms with Crippen LogP contribution in [-0.4, -0.2) is 47.0 Å². The maximum Gasteiger partial charge on any atom is 0.311 e. The van der Waals surface area contributed by atoms with Crippen LogP contribution in [0.15, 0.2) is 10.6 Å². The molecule has 0 aromatic carbocycles. The van der Waals surface area contributed by atoms with Gasteiger partial charge in [-0.2, -0.15) is 0 Å². The highest BCUT2D eigenvalue weighted by atomic mass is 16.5. The minimum Gasteiger partial charge on any atom is -0.455 e. The van der Waals surface area contributed by atoms with Gasteiger partial charge in [0.15, 0.2) is 12.4 Å². The van der Waals surface area contributed by atoms with Gasteiger partial charge in [0.2, 0.25) is 5.91 Å². The summed E-state index contributed by atoms with van der Waals surface area (Å²) < 4.78 is 9.96. The van der Waals surface area contributed by atoms with Crippen LogP contribution in [0.3, 0.4) is 0 Å². The van der Waals surface area contributed by atoms with Gasteiger partial charge in [-0.05, 0) is 25.2 Å². The van der Waals surface area contributed by atoms with Crippen LogP contribution in [0.1, 0.15) is 45.3 Å². The molecule has 0 unspecified atom stereocenters. The fourth-order valence-corrected chi connectivity index (χ4v) is 4.06. The maximum atomic E-state index is 12.4. The Morgan fingerprint density at radius 3 is 2.85 bits per heavy atom. The second-order valence-electron chi connectivity index (χ2n) is 7.76. The second kappa shape index (κ2) is 8.10. The van der Waals surface area contributed by atoms with Crippen LogP contribution in [0.4, 0.5) is 5.82 Å². The van der Waals surface area contributed by atoms with Crippen LogP contribution in [-0.2, 0) is 19.1 Å². The monoisotopic (exact) mass is 377 g/mol. The van der Waals surface area contributed by atoms with Gasteiger partial charge in [-0.25, -0.2) is 0 Å². The lowest BCUT2D eigenvalue weighted by atomic mass is 9.77. The molecular weight excluding hydrogens is 350 g/mol. The number of anilines is 1. The minimum absolute atomic E-state index is 0.00502.